The Hall–Kier alpha value is -2.30. The van der Waals surface area contributed by atoms with E-state index in [0.717, 1.165) is 0 Å². The summed E-state index contributed by atoms with van der Waals surface area (Å²) in [7, 11) is 0. The molecular formula is C15H19NO4. The fraction of sp³-hybridized carbons (Fsp3) is 0.333. The second-order valence-corrected chi connectivity index (χ2v) is 3.99. The van der Waals surface area contributed by atoms with E-state index in [1.807, 2.05) is 13.0 Å². The Morgan fingerprint density at radius 3 is 2.65 bits per heavy atom. The predicted molar refractivity (Wildman–Crippen MR) is 76.4 cm³/mol. The van der Waals surface area contributed by atoms with Crippen LogP contribution in [-0.2, 0) is 14.3 Å². The van der Waals surface area contributed by atoms with Gasteiger partial charge in [-0.2, -0.15) is 0 Å². The first-order chi connectivity index (χ1) is 9.58. The van der Waals surface area contributed by atoms with E-state index in [9.17, 15) is 9.59 Å². The smallest absolute Gasteiger partial charge is 0.411 e. The second kappa shape index (κ2) is 7.99. The molecule has 5 nitrogen and oxygen atoms in total. The third-order valence-electron chi connectivity index (χ3n) is 2.44. The molecular weight excluding hydrogens is 258 g/mol. The first-order valence-corrected chi connectivity index (χ1v) is 6.41. The van der Waals surface area contributed by atoms with Crippen molar-refractivity contribution in [3.63, 3.8) is 0 Å². The molecule has 0 saturated carbocycles. The van der Waals surface area contributed by atoms with Gasteiger partial charge in [-0.25, -0.2) is 4.79 Å². The highest BCUT2D eigenvalue weighted by atomic mass is 16.5. The summed E-state index contributed by atoms with van der Waals surface area (Å²) in [5.41, 5.74) is 1.24. The van der Waals surface area contributed by atoms with Gasteiger partial charge in [0.2, 0.25) is 0 Å². The second-order valence-electron chi connectivity index (χ2n) is 3.99. The molecule has 5 heteroatoms. The molecule has 0 bridgehead atoms. The minimum Gasteiger partial charge on any atom is -0.453 e. The van der Waals surface area contributed by atoms with Crippen LogP contribution in [0.2, 0.25) is 0 Å². The first-order valence-electron chi connectivity index (χ1n) is 6.41. The number of para-hydroxylation sites is 1. The summed E-state index contributed by atoms with van der Waals surface area (Å²) in [5, 5.41) is 2.64. The third-order valence-corrected chi connectivity index (χ3v) is 2.44. The maximum absolute atomic E-state index is 11.5. The molecule has 1 aromatic carbocycles. The average molecular weight is 277 g/mol. The molecule has 1 amide bonds. The zero-order valence-corrected chi connectivity index (χ0v) is 11.9. The number of carbonyl (C=O) groups is 2. The zero-order chi connectivity index (χ0) is 15.0. The fourth-order valence-electron chi connectivity index (χ4n) is 1.70. The number of carbonyl (C=O) groups excluding carboxylic acids is 2. The van der Waals surface area contributed by atoms with Crippen molar-refractivity contribution in [1.29, 1.82) is 0 Å². The Morgan fingerprint density at radius 1 is 1.35 bits per heavy atom. The van der Waals surface area contributed by atoms with Crippen LogP contribution in [0.1, 0.15) is 32.4 Å². The van der Waals surface area contributed by atoms with Crippen molar-refractivity contribution in [3.05, 3.63) is 42.0 Å². The zero-order valence-electron chi connectivity index (χ0n) is 11.9. The van der Waals surface area contributed by atoms with Crippen molar-refractivity contribution < 1.29 is 19.1 Å². The lowest BCUT2D eigenvalue weighted by atomic mass is 10.1. The van der Waals surface area contributed by atoms with E-state index in [4.69, 9.17) is 9.47 Å². The summed E-state index contributed by atoms with van der Waals surface area (Å²) in [4.78, 5) is 22.7. The van der Waals surface area contributed by atoms with Gasteiger partial charge in [-0.1, -0.05) is 24.3 Å². The minimum atomic E-state index is -0.546. The van der Waals surface area contributed by atoms with Gasteiger partial charge in [-0.05, 0) is 26.0 Å². The van der Waals surface area contributed by atoms with Gasteiger partial charge >= 0.3 is 12.1 Å². The van der Waals surface area contributed by atoms with Crippen molar-refractivity contribution in [2.45, 2.75) is 26.9 Å². The average Bonchev–Trinajstić information content (AvgIpc) is 2.38. The highest BCUT2D eigenvalue weighted by Crippen LogP contribution is 2.27. The van der Waals surface area contributed by atoms with Crippen LogP contribution in [0.4, 0.5) is 10.5 Å². The maximum Gasteiger partial charge on any atom is 0.411 e. The summed E-state index contributed by atoms with van der Waals surface area (Å²) in [5.74, 6) is -0.390. The summed E-state index contributed by atoms with van der Waals surface area (Å²) in [6.07, 6.45) is 2.44. The van der Waals surface area contributed by atoms with E-state index in [-0.39, 0.29) is 12.6 Å². The highest BCUT2D eigenvalue weighted by Gasteiger charge is 2.16. The molecule has 1 rings (SSSR count). The van der Waals surface area contributed by atoms with Crippen LogP contribution in [0.3, 0.4) is 0 Å². The highest BCUT2D eigenvalue weighted by molar-refractivity contribution is 5.86. The van der Waals surface area contributed by atoms with Crippen LogP contribution in [0.15, 0.2) is 36.4 Å². The van der Waals surface area contributed by atoms with E-state index < -0.39 is 12.2 Å². The molecule has 0 aromatic heterocycles. The quantitative estimate of drug-likeness (QED) is 0.661. The maximum atomic E-state index is 11.5. The normalized spacial score (nSPS) is 11.9. The molecule has 0 radical (unpaired) electrons. The molecule has 0 saturated heterocycles. The molecule has 1 unspecified atom stereocenters. The van der Waals surface area contributed by atoms with E-state index in [0.29, 0.717) is 11.3 Å². The molecule has 0 fully saturated rings. The van der Waals surface area contributed by atoms with Crippen molar-refractivity contribution in [2.24, 2.45) is 0 Å². The van der Waals surface area contributed by atoms with Crippen LogP contribution in [0.5, 0.6) is 0 Å². The van der Waals surface area contributed by atoms with Crippen LogP contribution < -0.4 is 5.32 Å². The number of ether oxygens (including phenoxy) is 2. The number of hydrogen-bond donors (Lipinski definition) is 1. The van der Waals surface area contributed by atoms with Crippen molar-refractivity contribution in [2.75, 3.05) is 11.9 Å². The van der Waals surface area contributed by atoms with Crippen LogP contribution in [0.25, 0.3) is 0 Å². The Morgan fingerprint density at radius 2 is 2.05 bits per heavy atom. The molecule has 0 aliphatic rings. The fourth-order valence-corrected chi connectivity index (χ4v) is 1.70. The van der Waals surface area contributed by atoms with Gasteiger partial charge in [0.05, 0.1) is 12.3 Å². The topological polar surface area (TPSA) is 64.6 Å². The number of hydrogen-bond acceptors (Lipinski definition) is 4. The number of amides is 1. The van der Waals surface area contributed by atoms with Gasteiger partial charge in [-0.15, -0.1) is 0 Å². The van der Waals surface area contributed by atoms with Crippen molar-refractivity contribution in [1.82, 2.24) is 0 Å². The summed E-state index contributed by atoms with van der Waals surface area (Å²) >= 11 is 0. The van der Waals surface area contributed by atoms with Crippen LogP contribution >= 0.6 is 0 Å². The molecule has 0 aliphatic heterocycles. The Bertz CT molecular complexity index is 496. The Kier molecular flexibility index (Phi) is 6.29. The van der Waals surface area contributed by atoms with E-state index in [1.54, 1.807) is 37.3 Å². The summed E-state index contributed by atoms with van der Waals surface area (Å²) < 4.78 is 10.1. The van der Waals surface area contributed by atoms with E-state index in [2.05, 4.69) is 5.32 Å². The molecule has 20 heavy (non-hydrogen) atoms. The monoisotopic (exact) mass is 277 g/mol. The lowest BCUT2D eigenvalue weighted by Crippen LogP contribution is -2.16. The van der Waals surface area contributed by atoms with Gasteiger partial charge < -0.3 is 9.47 Å². The third kappa shape index (κ3) is 4.76. The van der Waals surface area contributed by atoms with Gasteiger partial charge in [0.25, 0.3) is 0 Å². The summed E-state index contributed by atoms with van der Waals surface area (Å²) in [6.45, 7) is 5.19. The molecule has 1 aromatic rings. The van der Waals surface area contributed by atoms with Crippen LogP contribution in [0, 0.1) is 0 Å². The lowest BCUT2D eigenvalue weighted by Gasteiger charge is -2.17. The Labute approximate surface area is 118 Å². The van der Waals surface area contributed by atoms with Gasteiger partial charge in [0, 0.05) is 12.5 Å². The van der Waals surface area contributed by atoms with Gasteiger partial charge in [0.15, 0.2) is 0 Å². The Balaban J connectivity index is 3.02. The number of allylic oxidation sites excluding steroid dienone is 1. The van der Waals surface area contributed by atoms with Crippen molar-refractivity contribution >= 4 is 17.7 Å². The number of benzene rings is 1. The largest absolute Gasteiger partial charge is 0.453 e. The molecule has 108 valence electrons. The SMILES string of the molecule is C/C=C/C(OC(C)=O)c1ccccc1NC(=O)OCC. The molecule has 1 N–H and O–H groups in total. The van der Waals surface area contributed by atoms with Gasteiger partial charge in [0.1, 0.15) is 6.10 Å². The van der Waals surface area contributed by atoms with Crippen molar-refractivity contribution in [3.8, 4) is 0 Å². The summed E-state index contributed by atoms with van der Waals surface area (Å²) in [6, 6.07) is 7.11. The van der Waals surface area contributed by atoms with Gasteiger partial charge in [-0.3, -0.25) is 10.1 Å². The van der Waals surface area contributed by atoms with E-state index in [1.165, 1.54) is 6.92 Å². The standard InChI is InChI=1S/C15H19NO4/c1-4-8-14(20-11(3)17)12-9-6-7-10-13(12)16-15(18)19-5-2/h4,6-10,14H,5H2,1-3H3,(H,16,18)/b8-4+. The number of esters is 1. The number of anilines is 1. The molecule has 0 spiro atoms. The molecule has 0 heterocycles. The van der Waals surface area contributed by atoms with Crippen LogP contribution in [-0.4, -0.2) is 18.7 Å². The number of rotatable bonds is 5. The molecule has 0 aliphatic carbocycles. The lowest BCUT2D eigenvalue weighted by molar-refractivity contribution is -0.144. The minimum absolute atomic E-state index is 0.288. The predicted octanol–water partition coefficient (Wildman–Crippen LogP) is 3.44. The molecule has 1 atom stereocenters. The number of nitrogens with one attached hydrogen (secondary N) is 1. The van der Waals surface area contributed by atoms with E-state index >= 15 is 0 Å². The first kappa shape index (κ1) is 15.8.